The highest BCUT2D eigenvalue weighted by atomic mass is 16.3. The molecule has 2 amide bonds. The molecule has 2 aromatic heterocycles. The summed E-state index contributed by atoms with van der Waals surface area (Å²) in [4.78, 5) is 11.7. The Hall–Kier alpha value is -2.24. The number of urea groups is 1. The second kappa shape index (κ2) is 6.97. The zero-order valence-corrected chi connectivity index (χ0v) is 12.7. The first-order valence-corrected chi connectivity index (χ1v) is 7.19. The number of hydrogen-bond donors (Lipinski definition) is 2. The minimum absolute atomic E-state index is 0.152. The van der Waals surface area contributed by atoms with Gasteiger partial charge < -0.3 is 15.1 Å². The predicted molar refractivity (Wildman–Crippen MR) is 80.2 cm³/mol. The van der Waals surface area contributed by atoms with Gasteiger partial charge in [0.2, 0.25) is 0 Å². The van der Waals surface area contributed by atoms with Crippen LogP contribution < -0.4 is 10.6 Å². The fraction of sp³-hybridized carbons (Fsp3) is 0.467. The van der Waals surface area contributed by atoms with Crippen molar-refractivity contribution < 1.29 is 9.21 Å². The highest BCUT2D eigenvalue weighted by Crippen LogP contribution is 2.20. The standard InChI is InChI=1S/C15H22N4O2/c1-4-7-16-15(20)17-10-13(14-6-5-8-21-14)19-12(3)9-11(2)18-19/h5-6,8-9,13H,4,7,10H2,1-3H3,(H2,16,17,20). The molecule has 114 valence electrons. The Kier molecular flexibility index (Phi) is 5.03. The van der Waals surface area contributed by atoms with E-state index in [9.17, 15) is 4.79 Å². The maximum Gasteiger partial charge on any atom is 0.314 e. The highest BCUT2D eigenvalue weighted by Gasteiger charge is 2.20. The summed E-state index contributed by atoms with van der Waals surface area (Å²) >= 11 is 0. The smallest absolute Gasteiger partial charge is 0.314 e. The van der Waals surface area contributed by atoms with Crippen LogP contribution in [-0.2, 0) is 0 Å². The van der Waals surface area contributed by atoms with Gasteiger partial charge in [0.1, 0.15) is 11.8 Å². The molecule has 2 rings (SSSR count). The maximum atomic E-state index is 11.7. The molecule has 0 aliphatic rings. The van der Waals surface area contributed by atoms with Crippen LogP contribution in [0.15, 0.2) is 28.9 Å². The third kappa shape index (κ3) is 3.87. The van der Waals surface area contributed by atoms with Crippen LogP contribution in [0.2, 0.25) is 0 Å². The summed E-state index contributed by atoms with van der Waals surface area (Å²) in [6.07, 6.45) is 2.54. The molecule has 0 aromatic carbocycles. The van der Waals surface area contributed by atoms with Crippen molar-refractivity contribution in [3.63, 3.8) is 0 Å². The van der Waals surface area contributed by atoms with Gasteiger partial charge in [-0.15, -0.1) is 0 Å². The second-order valence-electron chi connectivity index (χ2n) is 5.04. The SMILES string of the molecule is CCCNC(=O)NCC(c1ccco1)n1nc(C)cc1C. The van der Waals surface area contributed by atoms with Crippen molar-refractivity contribution in [1.82, 2.24) is 20.4 Å². The van der Waals surface area contributed by atoms with E-state index in [1.54, 1.807) is 6.26 Å². The van der Waals surface area contributed by atoms with Crippen LogP contribution in [0, 0.1) is 13.8 Å². The lowest BCUT2D eigenvalue weighted by atomic mass is 10.2. The summed E-state index contributed by atoms with van der Waals surface area (Å²) in [7, 11) is 0. The number of furan rings is 1. The maximum absolute atomic E-state index is 11.7. The molecule has 0 fully saturated rings. The molecule has 1 atom stereocenters. The first-order chi connectivity index (χ1) is 10.1. The summed E-state index contributed by atoms with van der Waals surface area (Å²) < 4.78 is 7.38. The number of aryl methyl sites for hydroxylation is 2. The molecule has 0 saturated heterocycles. The van der Waals surface area contributed by atoms with E-state index in [0.717, 1.165) is 23.6 Å². The van der Waals surface area contributed by atoms with Crippen LogP contribution in [-0.4, -0.2) is 28.9 Å². The van der Waals surface area contributed by atoms with Crippen molar-refractivity contribution in [2.24, 2.45) is 0 Å². The molecule has 2 aromatic rings. The Morgan fingerprint density at radius 2 is 2.24 bits per heavy atom. The number of nitrogens with zero attached hydrogens (tertiary/aromatic N) is 2. The second-order valence-corrected chi connectivity index (χ2v) is 5.04. The normalized spacial score (nSPS) is 12.1. The minimum Gasteiger partial charge on any atom is -0.467 e. The number of carbonyl (C=O) groups is 1. The van der Waals surface area contributed by atoms with Crippen LogP contribution in [0.5, 0.6) is 0 Å². The van der Waals surface area contributed by atoms with Crippen LogP contribution >= 0.6 is 0 Å². The summed E-state index contributed by atoms with van der Waals surface area (Å²) in [5.41, 5.74) is 1.98. The van der Waals surface area contributed by atoms with Crippen molar-refractivity contribution in [2.45, 2.75) is 33.2 Å². The number of hydrogen-bond acceptors (Lipinski definition) is 3. The van der Waals surface area contributed by atoms with E-state index in [4.69, 9.17) is 4.42 Å². The summed E-state index contributed by atoms with van der Waals surface area (Å²) in [5.74, 6) is 0.775. The van der Waals surface area contributed by atoms with Gasteiger partial charge in [-0.2, -0.15) is 5.10 Å². The minimum atomic E-state index is -0.171. The Balaban J connectivity index is 2.11. The summed E-state index contributed by atoms with van der Waals surface area (Å²) in [6, 6.07) is 5.42. The van der Waals surface area contributed by atoms with Crippen molar-refractivity contribution in [1.29, 1.82) is 0 Å². The number of carbonyl (C=O) groups excluding carboxylic acids is 1. The Morgan fingerprint density at radius 1 is 1.43 bits per heavy atom. The molecule has 0 aliphatic heterocycles. The van der Waals surface area contributed by atoms with Gasteiger partial charge in [0, 0.05) is 18.8 Å². The van der Waals surface area contributed by atoms with Gasteiger partial charge >= 0.3 is 6.03 Å². The molecule has 21 heavy (non-hydrogen) atoms. The summed E-state index contributed by atoms with van der Waals surface area (Å²) in [5, 5.41) is 10.2. The van der Waals surface area contributed by atoms with Gasteiger partial charge in [0.25, 0.3) is 0 Å². The predicted octanol–water partition coefficient (Wildman–Crippen LogP) is 2.39. The van der Waals surface area contributed by atoms with Crippen molar-refractivity contribution >= 4 is 6.03 Å². The average molecular weight is 290 g/mol. The highest BCUT2D eigenvalue weighted by molar-refractivity contribution is 5.73. The van der Waals surface area contributed by atoms with Crippen LogP contribution in [0.3, 0.4) is 0 Å². The van der Waals surface area contributed by atoms with E-state index in [1.165, 1.54) is 0 Å². The summed E-state index contributed by atoms with van der Waals surface area (Å²) in [6.45, 7) is 7.04. The number of nitrogens with one attached hydrogen (secondary N) is 2. The van der Waals surface area contributed by atoms with Gasteiger partial charge in [0.15, 0.2) is 0 Å². The average Bonchev–Trinajstić information content (AvgIpc) is 3.07. The van der Waals surface area contributed by atoms with Crippen LogP contribution in [0.1, 0.15) is 36.5 Å². The van der Waals surface area contributed by atoms with Crippen molar-refractivity contribution in [3.8, 4) is 0 Å². The molecule has 6 nitrogen and oxygen atoms in total. The van der Waals surface area contributed by atoms with E-state index in [1.807, 2.05) is 43.7 Å². The third-order valence-electron chi connectivity index (χ3n) is 3.20. The monoisotopic (exact) mass is 290 g/mol. The molecule has 2 N–H and O–H groups in total. The van der Waals surface area contributed by atoms with E-state index in [-0.39, 0.29) is 12.1 Å². The Labute approximate surface area is 124 Å². The number of rotatable bonds is 6. The first-order valence-electron chi connectivity index (χ1n) is 7.19. The van der Waals surface area contributed by atoms with Crippen LogP contribution in [0.4, 0.5) is 4.79 Å². The van der Waals surface area contributed by atoms with E-state index < -0.39 is 0 Å². The zero-order valence-electron chi connectivity index (χ0n) is 12.7. The molecule has 6 heteroatoms. The largest absolute Gasteiger partial charge is 0.467 e. The molecule has 0 bridgehead atoms. The van der Waals surface area contributed by atoms with Crippen molar-refractivity contribution in [3.05, 3.63) is 41.6 Å². The lowest BCUT2D eigenvalue weighted by molar-refractivity contribution is 0.238. The topological polar surface area (TPSA) is 72.1 Å². The van der Waals surface area contributed by atoms with E-state index in [0.29, 0.717) is 13.1 Å². The molecule has 0 saturated carbocycles. The zero-order chi connectivity index (χ0) is 15.2. The molecule has 1 unspecified atom stereocenters. The van der Waals surface area contributed by atoms with Crippen LogP contribution in [0.25, 0.3) is 0 Å². The quantitative estimate of drug-likeness (QED) is 0.858. The Morgan fingerprint density at radius 3 is 2.81 bits per heavy atom. The number of aromatic nitrogens is 2. The van der Waals surface area contributed by atoms with Gasteiger partial charge in [-0.3, -0.25) is 4.68 Å². The third-order valence-corrected chi connectivity index (χ3v) is 3.20. The molecular weight excluding hydrogens is 268 g/mol. The fourth-order valence-corrected chi connectivity index (χ4v) is 2.24. The van der Waals surface area contributed by atoms with Crippen molar-refractivity contribution in [2.75, 3.05) is 13.1 Å². The molecule has 0 aliphatic carbocycles. The van der Waals surface area contributed by atoms with Gasteiger partial charge in [0.05, 0.1) is 12.0 Å². The number of amides is 2. The Bertz CT molecular complexity index is 575. The molecule has 0 spiro atoms. The lowest BCUT2D eigenvalue weighted by Crippen LogP contribution is -2.39. The first kappa shape index (κ1) is 15.2. The molecule has 2 heterocycles. The van der Waals surface area contributed by atoms with E-state index in [2.05, 4.69) is 15.7 Å². The van der Waals surface area contributed by atoms with E-state index >= 15 is 0 Å². The van der Waals surface area contributed by atoms with Gasteiger partial charge in [-0.05, 0) is 38.5 Å². The molecular formula is C15H22N4O2. The van der Waals surface area contributed by atoms with Gasteiger partial charge in [-0.25, -0.2) is 4.79 Å². The lowest BCUT2D eigenvalue weighted by Gasteiger charge is -2.18. The fourth-order valence-electron chi connectivity index (χ4n) is 2.24. The molecule has 0 radical (unpaired) electrons. The van der Waals surface area contributed by atoms with Gasteiger partial charge in [-0.1, -0.05) is 6.92 Å².